The van der Waals surface area contributed by atoms with Gasteiger partial charge < -0.3 is 0 Å². The van der Waals surface area contributed by atoms with Gasteiger partial charge in [-0.05, 0) is 24.6 Å². The average Bonchev–Trinajstić information content (AvgIpc) is 2.67. The summed E-state index contributed by atoms with van der Waals surface area (Å²) in [6, 6.07) is 4.53. The van der Waals surface area contributed by atoms with E-state index in [1.54, 1.807) is 13.0 Å². The SMILES string of the molecule is CCCS(=O)(=O)Nc1nc2ccc(S(C)(=O)=O)cc2s1. The monoisotopic (exact) mass is 334 g/mol. The van der Waals surface area contributed by atoms with Gasteiger partial charge in [-0.1, -0.05) is 18.3 Å². The summed E-state index contributed by atoms with van der Waals surface area (Å²) in [6.07, 6.45) is 1.64. The van der Waals surface area contributed by atoms with Crippen molar-refractivity contribution in [3.63, 3.8) is 0 Å². The summed E-state index contributed by atoms with van der Waals surface area (Å²) in [5, 5.41) is 0.249. The fourth-order valence-corrected chi connectivity index (χ4v) is 4.61. The van der Waals surface area contributed by atoms with E-state index in [9.17, 15) is 16.8 Å². The van der Waals surface area contributed by atoms with E-state index < -0.39 is 19.9 Å². The number of nitrogens with zero attached hydrogens (tertiary/aromatic N) is 1. The molecule has 9 heteroatoms. The second-order valence-electron chi connectivity index (χ2n) is 4.34. The molecule has 0 fully saturated rings. The Morgan fingerprint density at radius 1 is 1.25 bits per heavy atom. The zero-order chi connectivity index (χ0) is 15.0. The Hall–Kier alpha value is -1.19. The van der Waals surface area contributed by atoms with Gasteiger partial charge in [0.15, 0.2) is 15.0 Å². The van der Waals surface area contributed by atoms with Gasteiger partial charge in [0.1, 0.15) is 0 Å². The molecular weight excluding hydrogens is 320 g/mol. The fourth-order valence-electron chi connectivity index (χ4n) is 1.63. The fraction of sp³-hybridized carbons (Fsp3) is 0.364. The van der Waals surface area contributed by atoms with Crippen LogP contribution in [-0.4, -0.2) is 33.8 Å². The predicted octanol–water partition coefficient (Wildman–Crippen LogP) is 1.85. The van der Waals surface area contributed by atoms with E-state index in [-0.39, 0.29) is 15.8 Å². The highest BCUT2D eigenvalue weighted by Gasteiger charge is 2.14. The maximum atomic E-state index is 11.7. The van der Waals surface area contributed by atoms with Crippen LogP contribution in [0.2, 0.25) is 0 Å². The number of nitrogens with one attached hydrogen (secondary N) is 1. The van der Waals surface area contributed by atoms with Gasteiger partial charge >= 0.3 is 0 Å². The van der Waals surface area contributed by atoms with Gasteiger partial charge in [0.2, 0.25) is 10.0 Å². The number of thiazole rings is 1. The standard InChI is InChI=1S/C11H14N2O4S3/c1-3-6-20(16,17)13-11-12-9-5-4-8(19(2,14)15)7-10(9)18-11/h4-5,7H,3,6H2,1-2H3,(H,12,13). The smallest absolute Gasteiger partial charge is 0.234 e. The number of hydrogen-bond acceptors (Lipinski definition) is 6. The van der Waals surface area contributed by atoms with Crippen LogP contribution in [0.4, 0.5) is 5.13 Å². The minimum absolute atomic E-state index is 0.0253. The zero-order valence-corrected chi connectivity index (χ0v) is 13.4. The van der Waals surface area contributed by atoms with E-state index in [2.05, 4.69) is 9.71 Å². The molecule has 2 aromatic rings. The van der Waals surface area contributed by atoms with Crippen molar-refractivity contribution in [3.05, 3.63) is 18.2 Å². The van der Waals surface area contributed by atoms with Gasteiger partial charge in [0.05, 0.1) is 20.9 Å². The zero-order valence-electron chi connectivity index (χ0n) is 11.0. The Morgan fingerprint density at radius 3 is 2.55 bits per heavy atom. The molecule has 0 saturated heterocycles. The van der Waals surface area contributed by atoms with Crippen LogP contribution in [0, 0.1) is 0 Å². The molecule has 0 bridgehead atoms. The molecule has 0 spiro atoms. The van der Waals surface area contributed by atoms with Crippen molar-refractivity contribution in [1.29, 1.82) is 0 Å². The van der Waals surface area contributed by atoms with Crippen molar-refractivity contribution in [2.24, 2.45) is 0 Å². The first-order valence-electron chi connectivity index (χ1n) is 5.82. The molecule has 1 aromatic carbocycles. The molecular formula is C11H14N2O4S3. The average molecular weight is 334 g/mol. The lowest BCUT2D eigenvalue weighted by atomic mass is 10.3. The third kappa shape index (κ3) is 3.47. The Bertz CT molecular complexity index is 838. The lowest BCUT2D eigenvalue weighted by molar-refractivity contribution is 0.599. The summed E-state index contributed by atoms with van der Waals surface area (Å²) in [5.74, 6) is 0.0253. The van der Waals surface area contributed by atoms with Gasteiger partial charge in [-0.3, -0.25) is 4.72 Å². The van der Waals surface area contributed by atoms with E-state index in [1.807, 2.05) is 0 Å². The molecule has 0 radical (unpaired) electrons. The van der Waals surface area contributed by atoms with Crippen LogP contribution in [0.5, 0.6) is 0 Å². The van der Waals surface area contributed by atoms with Crippen molar-refractivity contribution in [1.82, 2.24) is 4.98 Å². The Kier molecular flexibility index (Phi) is 4.03. The lowest BCUT2D eigenvalue weighted by Gasteiger charge is -2.01. The quantitative estimate of drug-likeness (QED) is 0.900. The van der Waals surface area contributed by atoms with Crippen LogP contribution >= 0.6 is 11.3 Å². The van der Waals surface area contributed by atoms with E-state index in [0.717, 1.165) is 17.6 Å². The number of sulfonamides is 1. The number of hydrogen-bond donors (Lipinski definition) is 1. The first-order chi connectivity index (χ1) is 9.21. The molecule has 0 aliphatic carbocycles. The van der Waals surface area contributed by atoms with Crippen LogP contribution in [0.1, 0.15) is 13.3 Å². The molecule has 1 N–H and O–H groups in total. The van der Waals surface area contributed by atoms with Crippen molar-refractivity contribution in [3.8, 4) is 0 Å². The van der Waals surface area contributed by atoms with E-state index in [1.165, 1.54) is 12.1 Å². The van der Waals surface area contributed by atoms with Crippen molar-refractivity contribution in [2.75, 3.05) is 16.7 Å². The normalized spacial score (nSPS) is 12.7. The van der Waals surface area contributed by atoms with Crippen LogP contribution in [-0.2, 0) is 19.9 Å². The summed E-state index contributed by atoms with van der Waals surface area (Å²) in [5.41, 5.74) is 0.566. The Morgan fingerprint density at radius 2 is 1.95 bits per heavy atom. The lowest BCUT2D eigenvalue weighted by Crippen LogP contribution is -2.15. The third-order valence-electron chi connectivity index (χ3n) is 2.50. The summed E-state index contributed by atoms with van der Waals surface area (Å²) >= 11 is 1.11. The molecule has 0 unspecified atom stereocenters. The summed E-state index contributed by atoms with van der Waals surface area (Å²) < 4.78 is 49.3. The van der Waals surface area contributed by atoms with Crippen LogP contribution in [0.3, 0.4) is 0 Å². The van der Waals surface area contributed by atoms with Crippen molar-refractivity contribution in [2.45, 2.75) is 18.2 Å². The molecule has 1 aromatic heterocycles. The van der Waals surface area contributed by atoms with Gasteiger partial charge in [0, 0.05) is 6.26 Å². The second-order valence-corrected chi connectivity index (χ2v) is 9.23. The number of anilines is 1. The second kappa shape index (κ2) is 5.30. The minimum Gasteiger partial charge on any atom is -0.259 e. The van der Waals surface area contributed by atoms with Gasteiger partial charge in [-0.25, -0.2) is 21.8 Å². The molecule has 0 saturated carbocycles. The summed E-state index contributed by atoms with van der Waals surface area (Å²) in [4.78, 5) is 4.33. The molecule has 20 heavy (non-hydrogen) atoms. The molecule has 0 aliphatic rings. The van der Waals surface area contributed by atoms with Gasteiger partial charge in [-0.2, -0.15) is 0 Å². The number of benzene rings is 1. The highest BCUT2D eigenvalue weighted by Crippen LogP contribution is 2.28. The van der Waals surface area contributed by atoms with Crippen LogP contribution in [0.25, 0.3) is 10.2 Å². The molecule has 0 amide bonds. The molecule has 2 rings (SSSR count). The number of aromatic nitrogens is 1. The third-order valence-corrected chi connectivity index (χ3v) is 6.13. The minimum atomic E-state index is -3.39. The van der Waals surface area contributed by atoms with Gasteiger partial charge in [-0.15, -0.1) is 0 Å². The van der Waals surface area contributed by atoms with E-state index in [0.29, 0.717) is 16.6 Å². The Balaban J connectivity index is 2.40. The van der Waals surface area contributed by atoms with Gasteiger partial charge in [0.25, 0.3) is 0 Å². The van der Waals surface area contributed by atoms with Crippen molar-refractivity contribution < 1.29 is 16.8 Å². The maximum Gasteiger partial charge on any atom is 0.234 e. The summed E-state index contributed by atoms with van der Waals surface area (Å²) in [7, 11) is -6.68. The Labute approximate surface area is 121 Å². The number of rotatable bonds is 5. The highest BCUT2D eigenvalue weighted by atomic mass is 32.2. The molecule has 0 aliphatic heterocycles. The van der Waals surface area contributed by atoms with Crippen LogP contribution < -0.4 is 4.72 Å². The number of sulfone groups is 1. The molecule has 1 heterocycles. The molecule has 110 valence electrons. The highest BCUT2D eigenvalue weighted by molar-refractivity contribution is 7.92. The maximum absolute atomic E-state index is 11.7. The van der Waals surface area contributed by atoms with E-state index >= 15 is 0 Å². The van der Waals surface area contributed by atoms with Crippen molar-refractivity contribution >= 4 is 46.5 Å². The van der Waals surface area contributed by atoms with E-state index in [4.69, 9.17) is 0 Å². The molecule has 0 atom stereocenters. The number of fused-ring (bicyclic) bond motifs is 1. The van der Waals surface area contributed by atoms with Crippen LogP contribution in [0.15, 0.2) is 23.1 Å². The topological polar surface area (TPSA) is 93.2 Å². The largest absolute Gasteiger partial charge is 0.259 e. The first-order valence-corrected chi connectivity index (χ1v) is 10.2. The summed E-state index contributed by atoms with van der Waals surface area (Å²) in [6.45, 7) is 1.77. The first kappa shape index (κ1) is 15.2. The molecule has 6 nitrogen and oxygen atoms in total. The predicted molar refractivity (Wildman–Crippen MR) is 80.4 cm³/mol.